The fourth-order valence-electron chi connectivity index (χ4n) is 3.34. The minimum absolute atomic E-state index is 0.862. The van der Waals surface area contributed by atoms with Gasteiger partial charge >= 0.3 is 0 Å². The maximum absolute atomic E-state index is 3.74. The van der Waals surface area contributed by atoms with Crippen LogP contribution in [0.2, 0.25) is 0 Å². The van der Waals surface area contributed by atoms with Gasteiger partial charge in [-0.05, 0) is 62.4 Å². The van der Waals surface area contributed by atoms with E-state index in [1.54, 1.807) is 4.88 Å². The highest BCUT2D eigenvalue weighted by Crippen LogP contribution is 2.40. The summed E-state index contributed by atoms with van der Waals surface area (Å²) in [7, 11) is 0. The van der Waals surface area contributed by atoms with Gasteiger partial charge < -0.3 is 5.32 Å². The summed E-state index contributed by atoms with van der Waals surface area (Å²) in [5.41, 5.74) is 0. The number of rotatable bonds is 7. The van der Waals surface area contributed by atoms with Crippen molar-refractivity contribution in [3.8, 4) is 0 Å². The lowest BCUT2D eigenvalue weighted by atomic mass is 9.78. The Morgan fingerprint density at radius 2 is 2.05 bits per heavy atom. The zero-order valence-corrected chi connectivity index (χ0v) is 12.4. The Kier molecular flexibility index (Phi) is 3.38. The lowest BCUT2D eigenvalue weighted by molar-refractivity contribution is 0.0490. The van der Waals surface area contributed by atoms with Crippen LogP contribution in [0, 0.1) is 5.92 Å². The van der Waals surface area contributed by atoms with E-state index in [0.717, 1.165) is 24.0 Å². The fraction of sp³-hybridized carbons (Fsp3) is 0.750. The summed E-state index contributed by atoms with van der Waals surface area (Å²) >= 11 is 1.92. The molecule has 1 heterocycles. The van der Waals surface area contributed by atoms with Crippen LogP contribution in [-0.4, -0.2) is 29.6 Å². The molecule has 3 fully saturated rings. The van der Waals surface area contributed by atoms with Crippen LogP contribution in [-0.2, 0) is 6.54 Å². The van der Waals surface area contributed by atoms with E-state index in [-0.39, 0.29) is 0 Å². The summed E-state index contributed by atoms with van der Waals surface area (Å²) < 4.78 is 0. The minimum atomic E-state index is 0.862. The summed E-state index contributed by atoms with van der Waals surface area (Å²) in [4.78, 5) is 4.38. The molecule has 4 rings (SSSR count). The van der Waals surface area contributed by atoms with Crippen LogP contribution in [0.15, 0.2) is 17.5 Å². The Morgan fingerprint density at radius 3 is 2.63 bits per heavy atom. The van der Waals surface area contributed by atoms with Crippen molar-refractivity contribution < 1.29 is 0 Å². The zero-order valence-electron chi connectivity index (χ0n) is 11.6. The normalized spacial score (nSPS) is 30.6. The van der Waals surface area contributed by atoms with Crippen molar-refractivity contribution >= 4 is 11.3 Å². The number of thiophene rings is 1. The SMILES string of the molecule is c1csc(CN(C2CC2)C2CCC2CNC2CC2)c1. The van der Waals surface area contributed by atoms with Crippen molar-refractivity contribution in [2.24, 2.45) is 5.92 Å². The molecule has 3 aliphatic rings. The summed E-state index contributed by atoms with van der Waals surface area (Å²) in [5.74, 6) is 0.918. The van der Waals surface area contributed by atoms with Gasteiger partial charge in [0.2, 0.25) is 0 Å². The third-order valence-electron chi connectivity index (χ3n) is 4.98. The second-order valence-electron chi connectivity index (χ2n) is 6.57. The number of hydrogen-bond donors (Lipinski definition) is 1. The van der Waals surface area contributed by atoms with Gasteiger partial charge in [0.15, 0.2) is 0 Å². The smallest absolute Gasteiger partial charge is 0.0333 e. The first kappa shape index (κ1) is 12.4. The lowest BCUT2D eigenvalue weighted by Crippen LogP contribution is -2.51. The largest absolute Gasteiger partial charge is 0.314 e. The Morgan fingerprint density at radius 1 is 1.16 bits per heavy atom. The molecule has 0 radical (unpaired) electrons. The molecule has 0 aromatic carbocycles. The standard InChI is InChI=1S/C16H24N2S/c1-2-15(19-9-1)11-18(14-6-7-14)16-8-3-12(16)10-17-13-4-5-13/h1-2,9,12-14,16-17H,3-8,10-11H2. The van der Waals surface area contributed by atoms with Crippen LogP contribution in [0.5, 0.6) is 0 Å². The minimum Gasteiger partial charge on any atom is -0.314 e. The van der Waals surface area contributed by atoms with Gasteiger partial charge in [-0.1, -0.05) is 6.07 Å². The van der Waals surface area contributed by atoms with E-state index < -0.39 is 0 Å². The van der Waals surface area contributed by atoms with Gasteiger partial charge in [0, 0.05) is 29.5 Å². The van der Waals surface area contributed by atoms with Crippen molar-refractivity contribution in [3.63, 3.8) is 0 Å². The molecule has 0 aliphatic heterocycles. The summed E-state index contributed by atoms with van der Waals surface area (Å²) in [6.45, 7) is 2.47. The van der Waals surface area contributed by atoms with Crippen molar-refractivity contribution in [1.82, 2.24) is 10.2 Å². The van der Waals surface area contributed by atoms with Crippen molar-refractivity contribution in [1.29, 1.82) is 0 Å². The number of nitrogens with one attached hydrogen (secondary N) is 1. The average molecular weight is 276 g/mol. The lowest BCUT2D eigenvalue weighted by Gasteiger charge is -2.45. The molecular weight excluding hydrogens is 252 g/mol. The molecule has 1 N–H and O–H groups in total. The third kappa shape index (κ3) is 2.88. The average Bonchev–Trinajstić information content (AvgIpc) is 3.29. The molecule has 0 spiro atoms. The van der Waals surface area contributed by atoms with E-state index >= 15 is 0 Å². The van der Waals surface area contributed by atoms with Gasteiger partial charge in [0.05, 0.1) is 0 Å². The maximum atomic E-state index is 3.74. The van der Waals surface area contributed by atoms with Gasteiger partial charge in [0.1, 0.15) is 0 Å². The molecule has 1 aromatic heterocycles. The molecule has 0 amide bonds. The molecule has 1 aromatic rings. The van der Waals surface area contributed by atoms with Crippen LogP contribution in [0.4, 0.5) is 0 Å². The first-order chi connectivity index (χ1) is 9.40. The molecule has 0 saturated heterocycles. The van der Waals surface area contributed by atoms with Gasteiger partial charge in [-0.25, -0.2) is 0 Å². The van der Waals surface area contributed by atoms with Crippen LogP contribution in [0.3, 0.4) is 0 Å². The highest BCUT2D eigenvalue weighted by Gasteiger charge is 2.42. The molecular formula is C16H24N2S. The predicted molar refractivity (Wildman–Crippen MR) is 80.4 cm³/mol. The van der Waals surface area contributed by atoms with Gasteiger partial charge in [0.25, 0.3) is 0 Å². The second kappa shape index (κ2) is 5.19. The number of nitrogens with zero attached hydrogens (tertiary/aromatic N) is 1. The van der Waals surface area contributed by atoms with E-state index in [9.17, 15) is 0 Å². The molecule has 2 nitrogen and oxygen atoms in total. The monoisotopic (exact) mass is 276 g/mol. The maximum Gasteiger partial charge on any atom is 0.0333 e. The van der Waals surface area contributed by atoms with E-state index in [4.69, 9.17) is 0 Å². The third-order valence-corrected chi connectivity index (χ3v) is 5.84. The molecule has 3 heteroatoms. The number of hydrogen-bond acceptors (Lipinski definition) is 3. The highest BCUT2D eigenvalue weighted by atomic mass is 32.1. The molecule has 19 heavy (non-hydrogen) atoms. The molecule has 3 saturated carbocycles. The van der Waals surface area contributed by atoms with Crippen molar-refractivity contribution in [2.45, 2.75) is 63.2 Å². The van der Waals surface area contributed by atoms with Crippen LogP contribution in [0.1, 0.15) is 43.4 Å². The zero-order chi connectivity index (χ0) is 12.7. The molecule has 104 valence electrons. The topological polar surface area (TPSA) is 15.3 Å². The quantitative estimate of drug-likeness (QED) is 0.822. The van der Waals surface area contributed by atoms with Crippen molar-refractivity contribution in [3.05, 3.63) is 22.4 Å². The second-order valence-corrected chi connectivity index (χ2v) is 7.60. The molecule has 0 bridgehead atoms. The van der Waals surface area contributed by atoms with E-state index in [0.29, 0.717) is 0 Å². The van der Waals surface area contributed by atoms with Crippen LogP contribution in [0.25, 0.3) is 0 Å². The van der Waals surface area contributed by atoms with E-state index in [1.165, 1.54) is 51.6 Å². The fourth-order valence-corrected chi connectivity index (χ4v) is 4.05. The molecule has 3 aliphatic carbocycles. The van der Waals surface area contributed by atoms with Gasteiger partial charge in [-0.3, -0.25) is 4.90 Å². The van der Waals surface area contributed by atoms with Gasteiger partial charge in [-0.2, -0.15) is 0 Å². The Labute approximate surface area is 120 Å². The Bertz CT molecular complexity index is 408. The molecule has 2 unspecified atom stereocenters. The first-order valence-electron chi connectivity index (χ1n) is 7.91. The Balaban J connectivity index is 1.36. The summed E-state index contributed by atoms with van der Waals surface area (Å²) in [6.07, 6.45) is 8.57. The summed E-state index contributed by atoms with van der Waals surface area (Å²) in [5, 5.41) is 5.95. The summed E-state index contributed by atoms with van der Waals surface area (Å²) in [6, 6.07) is 7.12. The van der Waals surface area contributed by atoms with Crippen LogP contribution >= 0.6 is 11.3 Å². The van der Waals surface area contributed by atoms with Gasteiger partial charge in [-0.15, -0.1) is 11.3 Å². The Hall–Kier alpha value is -0.380. The van der Waals surface area contributed by atoms with E-state index in [1.807, 2.05) is 11.3 Å². The predicted octanol–water partition coefficient (Wildman–Crippen LogP) is 3.24. The van der Waals surface area contributed by atoms with E-state index in [2.05, 4.69) is 27.7 Å². The molecule has 2 atom stereocenters. The highest BCUT2D eigenvalue weighted by molar-refractivity contribution is 7.09. The van der Waals surface area contributed by atoms with Crippen LogP contribution < -0.4 is 5.32 Å². The first-order valence-corrected chi connectivity index (χ1v) is 8.79. The van der Waals surface area contributed by atoms with Crippen molar-refractivity contribution in [2.75, 3.05) is 6.54 Å².